The van der Waals surface area contributed by atoms with Gasteiger partial charge in [0, 0.05) is 0 Å². The summed E-state index contributed by atoms with van der Waals surface area (Å²) >= 11 is 0. The maximum atomic E-state index is 3.25. The molecule has 0 amide bonds. The van der Waals surface area contributed by atoms with Gasteiger partial charge < -0.3 is 5.32 Å². The van der Waals surface area contributed by atoms with Gasteiger partial charge in [0.25, 0.3) is 0 Å². The van der Waals surface area contributed by atoms with E-state index in [2.05, 4.69) is 19.3 Å². The number of hydrogen-bond donors (Lipinski definition) is 1. The monoisotopic (exact) mass is 141 g/mol. The summed E-state index contributed by atoms with van der Waals surface area (Å²) in [5, 5.41) is 3.25. The molecule has 0 heterocycles. The van der Waals surface area contributed by atoms with Crippen LogP contribution in [-0.2, 0) is 0 Å². The second kappa shape index (κ2) is 3.97. The molecule has 0 aliphatic heterocycles. The van der Waals surface area contributed by atoms with Gasteiger partial charge in [-0.1, -0.05) is 19.8 Å². The highest BCUT2D eigenvalue weighted by Gasteiger charge is 2.16. The van der Waals surface area contributed by atoms with Gasteiger partial charge in [0.1, 0.15) is 0 Å². The summed E-state index contributed by atoms with van der Waals surface area (Å²) in [4.78, 5) is 0. The molecular weight excluding hydrogens is 122 g/mol. The lowest BCUT2D eigenvalue weighted by Gasteiger charge is -2.25. The van der Waals surface area contributed by atoms with Crippen molar-refractivity contribution >= 4 is 0 Å². The molecule has 0 spiro atoms. The van der Waals surface area contributed by atoms with Gasteiger partial charge in [-0.25, -0.2) is 0 Å². The van der Waals surface area contributed by atoms with Gasteiger partial charge >= 0.3 is 0 Å². The van der Waals surface area contributed by atoms with Crippen molar-refractivity contribution in [3.8, 4) is 0 Å². The van der Waals surface area contributed by atoms with Crippen LogP contribution in [0.1, 0.15) is 32.6 Å². The highest BCUT2D eigenvalue weighted by Crippen LogP contribution is 2.27. The lowest BCUT2D eigenvalue weighted by Crippen LogP contribution is -2.22. The van der Waals surface area contributed by atoms with E-state index >= 15 is 0 Å². The van der Waals surface area contributed by atoms with E-state index in [0.29, 0.717) is 0 Å². The minimum atomic E-state index is 0.973. The lowest BCUT2D eigenvalue weighted by atomic mass is 9.83. The molecule has 10 heavy (non-hydrogen) atoms. The van der Waals surface area contributed by atoms with Crippen molar-refractivity contribution in [2.75, 3.05) is 13.6 Å². The molecule has 0 aromatic carbocycles. The summed E-state index contributed by atoms with van der Waals surface area (Å²) in [5.74, 6) is 1.97. The predicted octanol–water partition coefficient (Wildman–Crippen LogP) is 2.03. The fraction of sp³-hybridized carbons (Fsp3) is 1.00. The molecule has 0 aromatic heterocycles. The van der Waals surface area contributed by atoms with E-state index in [1.165, 1.54) is 32.2 Å². The van der Waals surface area contributed by atoms with Crippen LogP contribution in [0, 0.1) is 11.8 Å². The Morgan fingerprint density at radius 2 is 1.80 bits per heavy atom. The molecular formula is C9H19N. The van der Waals surface area contributed by atoms with E-state index in [1.54, 1.807) is 0 Å². The largest absolute Gasteiger partial charge is 0.319 e. The first-order valence-corrected chi connectivity index (χ1v) is 4.47. The lowest BCUT2D eigenvalue weighted by molar-refractivity contribution is 0.286. The van der Waals surface area contributed by atoms with E-state index in [0.717, 1.165) is 11.8 Å². The molecule has 0 atom stereocenters. The molecule has 0 saturated heterocycles. The molecule has 1 heteroatoms. The normalized spacial score (nSPS) is 34.2. The van der Waals surface area contributed by atoms with Crippen molar-refractivity contribution in [1.29, 1.82) is 0 Å². The third kappa shape index (κ3) is 2.30. The van der Waals surface area contributed by atoms with E-state index < -0.39 is 0 Å². The fourth-order valence-corrected chi connectivity index (χ4v) is 1.82. The Morgan fingerprint density at radius 1 is 1.20 bits per heavy atom. The van der Waals surface area contributed by atoms with Crippen molar-refractivity contribution < 1.29 is 0 Å². The second-order valence-corrected chi connectivity index (χ2v) is 3.68. The first-order chi connectivity index (χ1) is 4.83. The summed E-state index contributed by atoms with van der Waals surface area (Å²) in [6.07, 6.45) is 5.79. The van der Waals surface area contributed by atoms with Crippen LogP contribution in [0.25, 0.3) is 0 Å². The van der Waals surface area contributed by atoms with Crippen LogP contribution in [-0.4, -0.2) is 13.6 Å². The molecule has 0 aromatic rings. The van der Waals surface area contributed by atoms with Crippen molar-refractivity contribution in [2.45, 2.75) is 32.6 Å². The Balaban J connectivity index is 2.13. The molecule has 1 aliphatic carbocycles. The molecule has 0 bridgehead atoms. The van der Waals surface area contributed by atoms with Gasteiger partial charge in [0.05, 0.1) is 0 Å². The molecule has 1 saturated carbocycles. The zero-order valence-electron chi connectivity index (χ0n) is 7.19. The molecule has 0 radical (unpaired) electrons. The summed E-state index contributed by atoms with van der Waals surface area (Å²) < 4.78 is 0. The third-order valence-corrected chi connectivity index (χ3v) is 2.63. The van der Waals surface area contributed by atoms with Gasteiger partial charge in [-0.05, 0) is 38.3 Å². The molecule has 1 rings (SSSR count). The minimum absolute atomic E-state index is 0.973. The SMILES string of the molecule is CNCC1CCC(C)CC1. The summed E-state index contributed by atoms with van der Waals surface area (Å²) in [7, 11) is 2.05. The van der Waals surface area contributed by atoms with Crippen LogP contribution in [0.3, 0.4) is 0 Å². The second-order valence-electron chi connectivity index (χ2n) is 3.68. The average Bonchev–Trinajstić information content (AvgIpc) is 1.95. The van der Waals surface area contributed by atoms with Crippen LogP contribution >= 0.6 is 0 Å². The van der Waals surface area contributed by atoms with Gasteiger partial charge in [-0.15, -0.1) is 0 Å². The van der Waals surface area contributed by atoms with E-state index in [-0.39, 0.29) is 0 Å². The quantitative estimate of drug-likeness (QED) is 0.620. The minimum Gasteiger partial charge on any atom is -0.319 e. The topological polar surface area (TPSA) is 12.0 Å². The Labute approximate surface area is 64.2 Å². The zero-order chi connectivity index (χ0) is 7.40. The Hall–Kier alpha value is -0.0400. The van der Waals surface area contributed by atoms with Crippen molar-refractivity contribution in [1.82, 2.24) is 5.32 Å². The molecule has 1 fully saturated rings. The smallest absolute Gasteiger partial charge is 0.00235 e. The van der Waals surface area contributed by atoms with E-state index in [1.807, 2.05) is 0 Å². The van der Waals surface area contributed by atoms with Crippen LogP contribution in [0.4, 0.5) is 0 Å². The molecule has 60 valence electrons. The summed E-state index contributed by atoms with van der Waals surface area (Å²) in [5.41, 5.74) is 0. The number of rotatable bonds is 2. The molecule has 1 nitrogen and oxygen atoms in total. The van der Waals surface area contributed by atoms with Crippen molar-refractivity contribution in [3.05, 3.63) is 0 Å². The maximum Gasteiger partial charge on any atom is -0.00235 e. The van der Waals surface area contributed by atoms with Crippen LogP contribution in [0.15, 0.2) is 0 Å². The summed E-state index contributed by atoms with van der Waals surface area (Å²) in [6.45, 7) is 3.60. The first kappa shape index (κ1) is 8.06. The molecule has 1 aliphatic rings. The van der Waals surface area contributed by atoms with Gasteiger partial charge in [0.2, 0.25) is 0 Å². The Bertz CT molecular complexity index is 82.7. The highest BCUT2D eigenvalue weighted by atomic mass is 14.8. The summed E-state index contributed by atoms with van der Waals surface area (Å²) in [6, 6.07) is 0. The number of hydrogen-bond acceptors (Lipinski definition) is 1. The van der Waals surface area contributed by atoms with Crippen molar-refractivity contribution in [3.63, 3.8) is 0 Å². The zero-order valence-corrected chi connectivity index (χ0v) is 7.19. The predicted molar refractivity (Wildman–Crippen MR) is 45.0 cm³/mol. The van der Waals surface area contributed by atoms with Gasteiger partial charge in [0.15, 0.2) is 0 Å². The van der Waals surface area contributed by atoms with Crippen LogP contribution in [0.5, 0.6) is 0 Å². The Morgan fingerprint density at radius 3 is 2.30 bits per heavy atom. The van der Waals surface area contributed by atoms with E-state index in [4.69, 9.17) is 0 Å². The third-order valence-electron chi connectivity index (χ3n) is 2.63. The molecule has 1 N–H and O–H groups in total. The van der Waals surface area contributed by atoms with Crippen LogP contribution in [0.2, 0.25) is 0 Å². The Kier molecular flexibility index (Phi) is 3.20. The van der Waals surface area contributed by atoms with E-state index in [9.17, 15) is 0 Å². The standard InChI is InChI=1S/C9H19N/c1-8-3-5-9(6-4-8)7-10-2/h8-10H,3-7H2,1-2H3. The highest BCUT2D eigenvalue weighted by molar-refractivity contribution is 4.70. The maximum absolute atomic E-state index is 3.25. The fourth-order valence-electron chi connectivity index (χ4n) is 1.82. The first-order valence-electron chi connectivity index (χ1n) is 4.47. The van der Waals surface area contributed by atoms with Gasteiger partial charge in [-0.3, -0.25) is 0 Å². The number of nitrogens with one attached hydrogen (secondary N) is 1. The van der Waals surface area contributed by atoms with Crippen LogP contribution < -0.4 is 5.32 Å². The van der Waals surface area contributed by atoms with Crippen molar-refractivity contribution in [2.24, 2.45) is 11.8 Å². The molecule has 0 unspecified atom stereocenters. The average molecular weight is 141 g/mol. The van der Waals surface area contributed by atoms with Gasteiger partial charge in [-0.2, -0.15) is 0 Å².